The molecule has 10 heteroatoms. The van der Waals surface area contributed by atoms with E-state index in [-0.39, 0.29) is 33.3 Å². The van der Waals surface area contributed by atoms with Crippen molar-refractivity contribution in [1.82, 2.24) is 19.9 Å². The van der Waals surface area contributed by atoms with Crippen LogP contribution < -0.4 is 20.0 Å². The molecular weight excluding hydrogens is 629 g/mol. The first-order valence-corrected chi connectivity index (χ1v) is 19.4. The summed E-state index contributed by atoms with van der Waals surface area (Å²) in [6.45, 7) is 10.8. The van der Waals surface area contributed by atoms with Gasteiger partial charge in [0, 0.05) is 25.3 Å². The van der Waals surface area contributed by atoms with Gasteiger partial charge in [-0.1, -0.05) is 93.0 Å². The topological polar surface area (TPSA) is 63.6 Å². The van der Waals surface area contributed by atoms with Crippen molar-refractivity contribution < 1.29 is 13.6 Å². The van der Waals surface area contributed by atoms with Crippen molar-refractivity contribution in [1.29, 1.82) is 0 Å². The largest absolute Gasteiger partial charge is 0.461 e. The summed E-state index contributed by atoms with van der Waals surface area (Å²) in [6, 6.07) is 22.2. The van der Waals surface area contributed by atoms with Crippen molar-refractivity contribution in [2.75, 3.05) is 37.7 Å². The Morgan fingerprint density at radius 3 is 2.26 bits per heavy atom. The Kier molecular flexibility index (Phi) is 9.02. The molecule has 248 valence electrons. The van der Waals surface area contributed by atoms with Crippen molar-refractivity contribution in [2.24, 2.45) is 0 Å². The summed E-state index contributed by atoms with van der Waals surface area (Å²) in [4.78, 5) is 18.3. The highest BCUT2D eigenvalue weighted by atomic mass is 35.5. The number of anilines is 1. The quantitative estimate of drug-likeness (QED) is 0.144. The van der Waals surface area contributed by atoms with Gasteiger partial charge in [0.2, 0.25) is 0 Å². The Bertz CT molecular complexity index is 1660. The number of rotatable bonds is 9. The van der Waals surface area contributed by atoms with E-state index in [2.05, 4.69) is 101 Å². The highest BCUT2D eigenvalue weighted by molar-refractivity contribution is 6.99. The van der Waals surface area contributed by atoms with Crippen LogP contribution in [0.5, 0.6) is 6.01 Å². The zero-order chi connectivity index (χ0) is 32.6. The van der Waals surface area contributed by atoms with E-state index >= 15 is 4.39 Å². The monoisotopic (exact) mass is 673 g/mol. The number of piperidine rings is 1. The predicted molar refractivity (Wildman–Crippen MR) is 189 cm³/mol. The van der Waals surface area contributed by atoms with Gasteiger partial charge < -0.3 is 14.1 Å². The molecule has 0 amide bonds. The summed E-state index contributed by atoms with van der Waals surface area (Å²) in [7, 11) is -2.65. The van der Waals surface area contributed by atoms with Crippen molar-refractivity contribution in [3.8, 4) is 6.01 Å². The Morgan fingerprint density at radius 2 is 1.60 bits per heavy atom. The number of pyridine rings is 1. The number of ether oxygens (including phenoxy) is 1. The molecule has 0 aliphatic carbocycles. The molecule has 4 aromatic rings. The maximum atomic E-state index is 15.3. The summed E-state index contributed by atoms with van der Waals surface area (Å²) in [5.74, 6) is 0.0493. The fraction of sp³-hybridized carbons (Fsp3) is 0.486. The lowest BCUT2D eigenvalue weighted by Crippen LogP contribution is -2.67. The van der Waals surface area contributed by atoms with E-state index in [1.165, 1.54) is 16.8 Å². The standard InChI is InChI=1S/C37H45ClFN5O2Si/c1-36(2,3)47(28-14-7-4-8-15-28,29-16-9-5-10-17-29)46-25-27-18-20-37(19-13-23-44(27)37)26-45-35-41-32-30(24-40-33(38)31(32)39)34(42-35)43-21-11-6-12-22-43/h4-5,7-10,14-17,24,27H,6,11-13,18-23,25-26H2,1-3H3/t27-,37-/m0/s1. The summed E-state index contributed by atoms with van der Waals surface area (Å²) in [6.07, 6.45) is 9.10. The highest BCUT2D eigenvalue weighted by Gasteiger charge is 2.53. The van der Waals surface area contributed by atoms with E-state index in [0.29, 0.717) is 24.4 Å². The summed E-state index contributed by atoms with van der Waals surface area (Å²) in [5.41, 5.74) is 0.0386. The summed E-state index contributed by atoms with van der Waals surface area (Å²) >= 11 is 6.10. The van der Waals surface area contributed by atoms with Crippen molar-refractivity contribution in [3.63, 3.8) is 0 Å². The molecule has 2 aromatic carbocycles. The Balaban J connectivity index is 1.14. The van der Waals surface area contributed by atoms with Gasteiger partial charge in [-0.25, -0.2) is 9.37 Å². The van der Waals surface area contributed by atoms with Crippen molar-refractivity contribution in [2.45, 2.75) is 82.3 Å². The number of fused-ring (bicyclic) bond motifs is 2. The minimum absolute atomic E-state index is 0.0767. The van der Waals surface area contributed by atoms with Crippen molar-refractivity contribution in [3.05, 3.63) is 77.8 Å². The Hall–Kier alpha value is -3.11. The number of benzene rings is 2. The molecule has 0 radical (unpaired) electrons. The average Bonchev–Trinajstić information content (AvgIpc) is 3.66. The lowest BCUT2D eigenvalue weighted by molar-refractivity contribution is 0.0670. The van der Waals surface area contributed by atoms with Gasteiger partial charge >= 0.3 is 6.01 Å². The molecule has 3 aliphatic rings. The summed E-state index contributed by atoms with van der Waals surface area (Å²) in [5, 5.41) is 2.91. The molecule has 3 fully saturated rings. The third-order valence-corrected chi connectivity index (χ3v) is 15.9. The number of hydrogen-bond donors (Lipinski definition) is 0. The van der Waals surface area contributed by atoms with Crippen LogP contribution in [0.3, 0.4) is 0 Å². The molecule has 0 N–H and O–H groups in total. The van der Waals surface area contributed by atoms with Crippen LogP contribution in [0.1, 0.15) is 65.7 Å². The highest BCUT2D eigenvalue weighted by Crippen LogP contribution is 2.44. The third kappa shape index (κ3) is 5.94. The SMILES string of the molecule is CC(C)(C)[Si](OC[C@@H]1CC[C@]2(COc3nc(N4CCCCC4)c4cnc(Cl)c(F)c4n3)CCCN12)(c1ccccc1)c1ccccc1. The maximum Gasteiger partial charge on any atom is 0.319 e. The van der Waals surface area contributed by atoms with Gasteiger partial charge in [0.05, 0.1) is 17.5 Å². The van der Waals surface area contributed by atoms with Gasteiger partial charge in [-0.2, -0.15) is 9.97 Å². The first-order valence-electron chi connectivity index (χ1n) is 17.1. The van der Waals surface area contributed by atoms with Gasteiger partial charge in [-0.15, -0.1) is 0 Å². The molecule has 2 atom stereocenters. The average molecular weight is 674 g/mol. The maximum absolute atomic E-state index is 15.3. The van der Waals surface area contributed by atoms with E-state index in [1.54, 1.807) is 6.20 Å². The van der Waals surface area contributed by atoms with Gasteiger partial charge in [-0.3, -0.25) is 4.90 Å². The molecule has 47 heavy (non-hydrogen) atoms. The first-order chi connectivity index (χ1) is 22.7. The zero-order valence-corrected chi connectivity index (χ0v) is 29.5. The number of hydrogen-bond acceptors (Lipinski definition) is 7. The van der Waals surface area contributed by atoms with Gasteiger partial charge in [0.25, 0.3) is 8.32 Å². The van der Waals surface area contributed by atoms with Crippen LogP contribution in [0.15, 0.2) is 66.9 Å². The fourth-order valence-electron chi connectivity index (χ4n) is 8.38. The fourth-order valence-corrected chi connectivity index (χ4v) is 13.1. The van der Waals surface area contributed by atoms with E-state index < -0.39 is 14.1 Å². The molecule has 2 aromatic heterocycles. The molecule has 3 saturated heterocycles. The van der Waals surface area contributed by atoms with Gasteiger partial charge in [0.15, 0.2) is 11.0 Å². The van der Waals surface area contributed by atoms with E-state index in [0.717, 1.165) is 58.2 Å². The van der Waals surface area contributed by atoms with Crippen LogP contribution in [-0.4, -0.2) is 72.6 Å². The minimum Gasteiger partial charge on any atom is -0.461 e. The smallest absolute Gasteiger partial charge is 0.319 e. The zero-order valence-electron chi connectivity index (χ0n) is 27.7. The molecule has 0 unspecified atom stereocenters. The Labute approximate surface area is 283 Å². The molecule has 7 nitrogen and oxygen atoms in total. The van der Waals surface area contributed by atoms with Crippen molar-refractivity contribution >= 4 is 47.0 Å². The minimum atomic E-state index is -2.65. The molecule has 3 aliphatic heterocycles. The van der Waals surface area contributed by atoms with E-state index in [1.807, 2.05) is 0 Å². The molecule has 0 saturated carbocycles. The second-order valence-electron chi connectivity index (χ2n) is 14.5. The second-order valence-corrected chi connectivity index (χ2v) is 19.1. The second kappa shape index (κ2) is 13.1. The lowest BCUT2D eigenvalue weighted by atomic mass is 9.95. The van der Waals surface area contributed by atoms with Gasteiger partial charge in [0.1, 0.15) is 17.9 Å². The lowest BCUT2D eigenvalue weighted by Gasteiger charge is -2.44. The van der Waals surface area contributed by atoms with E-state index in [9.17, 15) is 0 Å². The molecule has 7 rings (SSSR count). The number of nitrogens with zero attached hydrogens (tertiary/aromatic N) is 5. The van der Waals surface area contributed by atoms with Crippen LogP contribution in [0, 0.1) is 5.82 Å². The molecular formula is C37H45ClFN5O2Si. The number of halogens is 2. The number of aromatic nitrogens is 3. The Morgan fingerprint density at radius 1 is 0.915 bits per heavy atom. The predicted octanol–water partition coefficient (Wildman–Crippen LogP) is 6.76. The van der Waals surface area contributed by atoms with Crippen LogP contribution >= 0.6 is 11.6 Å². The van der Waals surface area contributed by atoms with Crippen LogP contribution in [-0.2, 0) is 4.43 Å². The molecule has 0 bridgehead atoms. The third-order valence-electron chi connectivity index (χ3n) is 10.7. The molecule has 0 spiro atoms. The first kappa shape index (κ1) is 32.4. The van der Waals surface area contributed by atoms with Crippen LogP contribution in [0.2, 0.25) is 10.2 Å². The normalized spacial score (nSPS) is 22.1. The van der Waals surface area contributed by atoms with Crippen LogP contribution in [0.25, 0.3) is 10.9 Å². The van der Waals surface area contributed by atoms with Crippen LogP contribution in [0.4, 0.5) is 10.2 Å². The molecule has 5 heterocycles. The summed E-state index contributed by atoms with van der Waals surface area (Å²) < 4.78 is 29.1. The van der Waals surface area contributed by atoms with Gasteiger partial charge in [-0.05, 0) is 66.9 Å². The van der Waals surface area contributed by atoms with E-state index in [4.69, 9.17) is 25.7 Å².